The van der Waals surface area contributed by atoms with E-state index in [1.165, 1.54) is 4.90 Å². The highest BCUT2D eigenvalue weighted by Crippen LogP contribution is 2.36. The van der Waals surface area contributed by atoms with Gasteiger partial charge < -0.3 is 4.90 Å². The first kappa shape index (κ1) is 18.0. The second kappa shape index (κ2) is 7.19. The Hall–Kier alpha value is -2.83. The summed E-state index contributed by atoms with van der Waals surface area (Å²) in [5.74, 6) is -2.74. The van der Waals surface area contributed by atoms with Crippen LogP contribution < -0.4 is 0 Å². The van der Waals surface area contributed by atoms with Crippen LogP contribution in [0.25, 0.3) is 0 Å². The molecule has 0 aliphatic carbocycles. The standard InChI is InChI=1S/C19H18F2N2O3/c1-12-19(23(25)26)16(15-9-14(20)7-8-17(15)21)10-18(24)22(12)11-13-5-3-2-4-6-13/h2-9,12,16,19H,10-11H2,1H3. The number of halogens is 2. The molecule has 1 saturated heterocycles. The zero-order valence-electron chi connectivity index (χ0n) is 14.1. The predicted octanol–water partition coefficient (Wildman–Crippen LogP) is 3.51. The molecule has 0 radical (unpaired) electrons. The maximum Gasteiger partial charge on any atom is 0.240 e. The molecule has 0 aromatic heterocycles. The molecule has 3 atom stereocenters. The van der Waals surface area contributed by atoms with Crippen LogP contribution in [0.4, 0.5) is 8.78 Å². The maximum atomic E-state index is 14.2. The van der Waals surface area contributed by atoms with Gasteiger partial charge in [-0.25, -0.2) is 8.78 Å². The summed E-state index contributed by atoms with van der Waals surface area (Å²) in [7, 11) is 0. The van der Waals surface area contributed by atoms with Gasteiger partial charge in [-0.2, -0.15) is 0 Å². The normalized spacial score (nSPS) is 23.1. The van der Waals surface area contributed by atoms with E-state index in [0.29, 0.717) is 0 Å². The molecule has 2 aromatic carbocycles. The molecule has 0 spiro atoms. The summed E-state index contributed by atoms with van der Waals surface area (Å²) >= 11 is 0. The van der Waals surface area contributed by atoms with E-state index < -0.39 is 34.6 Å². The highest BCUT2D eigenvalue weighted by Gasteiger charge is 2.48. The van der Waals surface area contributed by atoms with Gasteiger partial charge in [0.25, 0.3) is 0 Å². The van der Waals surface area contributed by atoms with E-state index >= 15 is 0 Å². The summed E-state index contributed by atoms with van der Waals surface area (Å²) in [6, 6.07) is 10.0. The van der Waals surface area contributed by atoms with Crippen molar-refractivity contribution in [3.05, 3.63) is 81.4 Å². The summed E-state index contributed by atoms with van der Waals surface area (Å²) in [5, 5.41) is 11.7. The number of amides is 1. The number of likely N-dealkylation sites (tertiary alicyclic amines) is 1. The molecule has 1 aliphatic rings. The van der Waals surface area contributed by atoms with Crippen molar-refractivity contribution in [1.82, 2.24) is 4.90 Å². The van der Waals surface area contributed by atoms with E-state index in [9.17, 15) is 23.7 Å². The van der Waals surface area contributed by atoms with Crippen molar-refractivity contribution in [2.24, 2.45) is 0 Å². The number of carbonyl (C=O) groups excluding carboxylic acids is 1. The Labute approximate surface area is 149 Å². The minimum absolute atomic E-state index is 0.119. The van der Waals surface area contributed by atoms with Gasteiger partial charge in [0.15, 0.2) is 0 Å². The van der Waals surface area contributed by atoms with Gasteiger partial charge in [-0.15, -0.1) is 0 Å². The van der Waals surface area contributed by atoms with Gasteiger partial charge in [0, 0.05) is 23.5 Å². The fourth-order valence-electron chi connectivity index (χ4n) is 3.60. The summed E-state index contributed by atoms with van der Waals surface area (Å²) in [6.07, 6.45) is -0.233. The molecule has 5 nitrogen and oxygen atoms in total. The van der Waals surface area contributed by atoms with Crippen LogP contribution >= 0.6 is 0 Å². The lowest BCUT2D eigenvalue weighted by molar-refractivity contribution is -0.535. The number of nitro groups is 1. The van der Waals surface area contributed by atoms with E-state index in [1.54, 1.807) is 6.92 Å². The number of piperidine rings is 1. The Morgan fingerprint density at radius 1 is 1.19 bits per heavy atom. The number of rotatable bonds is 4. The average Bonchev–Trinajstić information content (AvgIpc) is 2.60. The molecule has 1 heterocycles. The number of hydrogen-bond acceptors (Lipinski definition) is 3. The Kier molecular flexibility index (Phi) is 4.97. The van der Waals surface area contributed by atoms with Crippen molar-refractivity contribution in [2.75, 3.05) is 0 Å². The smallest absolute Gasteiger partial charge is 0.240 e. The van der Waals surface area contributed by atoms with Gasteiger partial charge >= 0.3 is 0 Å². The number of carbonyl (C=O) groups is 1. The van der Waals surface area contributed by atoms with Gasteiger partial charge in [-0.1, -0.05) is 30.3 Å². The highest BCUT2D eigenvalue weighted by atomic mass is 19.1. The first-order valence-corrected chi connectivity index (χ1v) is 8.30. The Morgan fingerprint density at radius 2 is 1.88 bits per heavy atom. The fourth-order valence-corrected chi connectivity index (χ4v) is 3.60. The average molecular weight is 360 g/mol. The SMILES string of the molecule is CC1C([N+](=O)[O-])C(c2cc(F)ccc2F)CC(=O)N1Cc1ccccc1. The van der Waals surface area contributed by atoms with Crippen molar-refractivity contribution >= 4 is 5.91 Å². The minimum Gasteiger partial charge on any atom is -0.329 e. The van der Waals surface area contributed by atoms with Crippen molar-refractivity contribution in [3.8, 4) is 0 Å². The van der Waals surface area contributed by atoms with Crippen LogP contribution in [0.15, 0.2) is 48.5 Å². The molecule has 1 aliphatic heterocycles. The summed E-state index contributed by atoms with van der Waals surface area (Å²) in [5.41, 5.74) is 0.733. The van der Waals surface area contributed by atoms with Gasteiger partial charge in [0.2, 0.25) is 11.9 Å². The van der Waals surface area contributed by atoms with Crippen LogP contribution in [0.2, 0.25) is 0 Å². The van der Waals surface area contributed by atoms with Crippen LogP contribution in [0, 0.1) is 21.7 Å². The largest absolute Gasteiger partial charge is 0.329 e. The van der Waals surface area contributed by atoms with E-state index in [2.05, 4.69) is 0 Å². The third-order valence-electron chi connectivity index (χ3n) is 4.91. The molecule has 0 saturated carbocycles. The van der Waals surface area contributed by atoms with E-state index in [1.807, 2.05) is 30.3 Å². The molecule has 7 heteroatoms. The molecule has 136 valence electrons. The number of nitrogens with zero attached hydrogens (tertiary/aromatic N) is 2. The molecular weight excluding hydrogens is 342 g/mol. The zero-order chi connectivity index (χ0) is 18.8. The molecule has 3 unspecified atom stereocenters. The maximum absolute atomic E-state index is 14.2. The molecular formula is C19H18F2N2O3. The van der Waals surface area contributed by atoms with Crippen LogP contribution in [0.5, 0.6) is 0 Å². The topological polar surface area (TPSA) is 63.5 Å². The molecule has 3 rings (SSSR count). The monoisotopic (exact) mass is 360 g/mol. The van der Waals surface area contributed by atoms with Crippen molar-refractivity contribution < 1.29 is 18.5 Å². The van der Waals surface area contributed by atoms with Gasteiger partial charge in [0.1, 0.15) is 11.6 Å². The fraction of sp³-hybridized carbons (Fsp3) is 0.316. The van der Waals surface area contributed by atoms with Crippen LogP contribution in [-0.4, -0.2) is 27.8 Å². The lowest BCUT2D eigenvalue weighted by Gasteiger charge is -2.39. The van der Waals surface area contributed by atoms with Crippen molar-refractivity contribution in [3.63, 3.8) is 0 Å². The lowest BCUT2D eigenvalue weighted by atomic mass is 9.80. The van der Waals surface area contributed by atoms with Gasteiger partial charge in [0.05, 0.1) is 12.0 Å². The first-order chi connectivity index (χ1) is 12.4. The molecule has 1 fully saturated rings. The predicted molar refractivity (Wildman–Crippen MR) is 91.0 cm³/mol. The first-order valence-electron chi connectivity index (χ1n) is 8.30. The van der Waals surface area contributed by atoms with Crippen LogP contribution in [-0.2, 0) is 11.3 Å². The molecule has 1 amide bonds. The minimum atomic E-state index is -1.22. The molecule has 0 bridgehead atoms. The van der Waals surface area contributed by atoms with E-state index in [4.69, 9.17) is 0 Å². The van der Waals surface area contributed by atoms with Crippen molar-refractivity contribution in [2.45, 2.75) is 37.9 Å². The molecule has 2 aromatic rings. The van der Waals surface area contributed by atoms with Crippen LogP contribution in [0.1, 0.15) is 30.4 Å². The van der Waals surface area contributed by atoms with Crippen LogP contribution in [0.3, 0.4) is 0 Å². The zero-order valence-corrected chi connectivity index (χ0v) is 14.1. The Bertz CT molecular complexity index is 829. The summed E-state index contributed by atoms with van der Waals surface area (Å²) in [4.78, 5) is 25.3. The Balaban J connectivity index is 1.94. The highest BCUT2D eigenvalue weighted by molar-refractivity contribution is 5.79. The summed E-state index contributed by atoms with van der Waals surface area (Å²) < 4.78 is 27.7. The summed E-state index contributed by atoms with van der Waals surface area (Å²) in [6.45, 7) is 1.82. The van der Waals surface area contributed by atoms with Crippen molar-refractivity contribution in [1.29, 1.82) is 0 Å². The van der Waals surface area contributed by atoms with E-state index in [-0.39, 0.29) is 24.4 Å². The van der Waals surface area contributed by atoms with Gasteiger partial charge in [-0.05, 0) is 30.7 Å². The second-order valence-electron chi connectivity index (χ2n) is 6.50. The molecule has 0 N–H and O–H groups in total. The molecule has 26 heavy (non-hydrogen) atoms. The number of hydrogen-bond donors (Lipinski definition) is 0. The van der Waals surface area contributed by atoms with Gasteiger partial charge in [-0.3, -0.25) is 14.9 Å². The quantitative estimate of drug-likeness (QED) is 0.619. The third-order valence-corrected chi connectivity index (χ3v) is 4.91. The second-order valence-corrected chi connectivity index (χ2v) is 6.50. The Morgan fingerprint density at radius 3 is 2.54 bits per heavy atom. The van der Waals surface area contributed by atoms with E-state index in [0.717, 1.165) is 23.8 Å². The third kappa shape index (κ3) is 3.42. The lowest BCUT2D eigenvalue weighted by Crippen LogP contribution is -2.55. The number of benzene rings is 2.